The molecule has 2 amide bonds. The number of Topliss-reactive ketones (excluding diaryl/α,β-unsaturated/α-hetero) is 4. The predicted molar refractivity (Wildman–Crippen MR) is 269 cm³/mol. The van der Waals surface area contributed by atoms with Gasteiger partial charge in [0, 0.05) is 69.7 Å². The number of phenolic OH excluding ortho intramolecular Hbond substituents is 2. The number of carbonyl (C=O) groups is 6. The van der Waals surface area contributed by atoms with E-state index in [1.54, 1.807) is 59.3 Å². The summed E-state index contributed by atoms with van der Waals surface area (Å²) in [5.74, 6) is -7.89. The number of nitrogens with zero attached hydrogens (tertiary/aromatic N) is 4. The van der Waals surface area contributed by atoms with E-state index in [2.05, 4.69) is 11.8 Å². The minimum absolute atomic E-state index is 0.00536. The summed E-state index contributed by atoms with van der Waals surface area (Å²) in [6, 6.07) is 1.22. The van der Waals surface area contributed by atoms with Crippen LogP contribution in [0.15, 0.2) is 45.9 Å². The lowest BCUT2D eigenvalue weighted by molar-refractivity contribution is -0.155. The van der Waals surface area contributed by atoms with E-state index < -0.39 is 116 Å². The first-order chi connectivity index (χ1) is 33.5. The molecule has 22 heteroatoms. The molecule has 0 aliphatic heterocycles. The van der Waals surface area contributed by atoms with Gasteiger partial charge in [-0.15, -0.1) is 0 Å². The van der Waals surface area contributed by atoms with E-state index in [-0.39, 0.29) is 71.6 Å². The second-order valence-electron chi connectivity index (χ2n) is 19.7. The molecule has 72 heavy (non-hydrogen) atoms. The van der Waals surface area contributed by atoms with Crippen molar-refractivity contribution in [3.63, 3.8) is 0 Å². The number of halogens is 1. The first-order valence-electron chi connectivity index (χ1n) is 22.6. The van der Waals surface area contributed by atoms with Gasteiger partial charge in [0.25, 0.3) is 11.8 Å². The normalized spacial score (nSPS) is 27.5. The molecule has 0 unspecified atom stereocenters. The number of hydrogen-bond donors (Lipinski definition) is 10. The van der Waals surface area contributed by atoms with Crippen LogP contribution >= 0.6 is 22.6 Å². The van der Waals surface area contributed by atoms with Crippen LogP contribution in [0.3, 0.4) is 0 Å². The highest BCUT2D eigenvalue weighted by Crippen LogP contribution is 2.56. The highest BCUT2D eigenvalue weighted by atomic mass is 127. The number of ketones is 4. The Labute approximate surface area is 427 Å². The molecule has 0 aromatic heterocycles. The van der Waals surface area contributed by atoms with Crippen molar-refractivity contribution in [1.29, 1.82) is 0 Å². The van der Waals surface area contributed by atoms with Crippen LogP contribution in [0.25, 0.3) is 11.5 Å². The Hall–Kier alpha value is -6.49. The van der Waals surface area contributed by atoms with Crippen LogP contribution in [0.4, 0.5) is 11.4 Å². The van der Waals surface area contributed by atoms with Gasteiger partial charge >= 0.3 is 0 Å². The van der Waals surface area contributed by atoms with Gasteiger partial charge in [-0.05, 0) is 112 Å². The van der Waals surface area contributed by atoms with Crippen LogP contribution in [0.1, 0.15) is 40.7 Å². The molecule has 2 fully saturated rings. The number of ether oxygens (including phenoxy) is 1. The lowest BCUT2D eigenvalue weighted by atomic mass is 9.57. The summed E-state index contributed by atoms with van der Waals surface area (Å²) in [6.07, 6.45) is 0.536. The molecule has 6 aliphatic carbocycles. The monoisotopic (exact) mass is 1110 g/mol. The second kappa shape index (κ2) is 18.8. The zero-order chi connectivity index (χ0) is 53.7. The summed E-state index contributed by atoms with van der Waals surface area (Å²) in [4.78, 5) is 84.6. The van der Waals surface area contributed by atoms with Gasteiger partial charge in [0.1, 0.15) is 52.3 Å². The molecular formula is C50H57IN6O15. The largest absolute Gasteiger partial charge is 0.508 e. The van der Waals surface area contributed by atoms with Gasteiger partial charge in [-0.1, -0.05) is 11.8 Å². The number of fused-ring (bicyclic) bond motifs is 6. The molecule has 21 nitrogen and oxygen atoms in total. The predicted octanol–water partition coefficient (Wildman–Crippen LogP) is 0.663. The van der Waals surface area contributed by atoms with Crippen molar-refractivity contribution in [2.24, 2.45) is 35.1 Å². The Kier molecular flexibility index (Phi) is 14.0. The van der Waals surface area contributed by atoms with E-state index in [1.807, 2.05) is 41.6 Å². The van der Waals surface area contributed by atoms with Gasteiger partial charge in [0.15, 0.2) is 22.8 Å². The molecule has 0 bridgehead atoms. The number of methoxy groups -OCH3 is 1. The Morgan fingerprint density at radius 2 is 1.07 bits per heavy atom. The Morgan fingerprint density at radius 1 is 0.681 bits per heavy atom. The van der Waals surface area contributed by atoms with E-state index in [0.717, 1.165) is 5.69 Å². The number of anilines is 2. The van der Waals surface area contributed by atoms with Crippen LogP contribution in [0.2, 0.25) is 0 Å². The molecule has 2 aromatic rings. The average Bonchev–Trinajstić information content (AvgIpc) is 3.27. The minimum Gasteiger partial charge on any atom is -0.508 e. The molecule has 0 spiro atoms. The summed E-state index contributed by atoms with van der Waals surface area (Å²) in [6.45, 7) is 0.107. The number of benzene rings is 2. The summed E-state index contributed by atoms with van der Waals surface area (Å²) in [5.41, 5.74) is 6.20. The topological polar surface area (TPSA) is 338 Å². The third-order valence-corrected chi connectivity index (χ3v) is 15.6. The number of hydrogen-bond acceptors (Lipinski definition) is 19. The van der Waals surface area contributed by atoms with Crippen LogP contribution in [0.5, 0.6) is 11.5 Å². The van der Waals surface area contributed by atoms with Gasteiger partial charge in [0.2, 0.25) is 11.6 Å². The SMILES string of the molecule is CN(C)c1cc(I)c(O)c2c1C[C@H]1C[C@H]3[C@H](N(C)C)C(=O)C(C(N)=O)=C(O)[C@@]3(O)C(=O)C1=C2O.COCC#Cc1cc(N(C)C)c2c(c1O)C(O)=C1C(=O)[C@]3(O)C(O)=C(C(N)=O)C(=O)[C@@H](N(C)C)[C@@H]3C[C@@H]1C2. The number of primary amides is 2. The number of aliphatic hydroxyl groups is 6. The number of rotatable bonds is 7. The molecule has 2 aromatic carbocycles. The first-order valence-corrected chi connectivity index (χ1v) is 23.7. The quantitative estimate of drug-likeness (QED) is 0.103. The van der Waals surface area contributed by atoms with Crippen LogP contribution in [-0.4, -0.2) is 179 Å². The molecule has 12 N–H and O–H groups in total. The number of aliphatic hydroxyl groups excluding tert-OH is 4. The molecule has 0 heterocycles. The van der Waals surface area contributed by atoms with Crippen LogP contribution in [0, 0.1) is 39.1 Å². The molecule has 2 saturated carbocycles. The van der Waals surface area contributed by atoms with Gasteiger partial charge < -0.3 is 66.9 Å². The zero-order valence-electron chi connectivity index (χ0n) is 40.9. The Bertz CT molecular complexity index is 3000. The maximum Gasteiger partial charge on any atom is 0.255 e. The third kappa shape index (κ3) is 7.79. The number of aromatic hydroxyl groups is 2. The number of amides is 2. The highest BCUT2D eigenvalue weighted by molar-refractivity contribution is 14.1. The molecule has 8 rings (SSSR count). The average molecular weight is 1110 g/mol. The molecular weight excluding hydrogens is 1050 g/mol. The first kappa shape index (κ1) is 53.3. The van der Waals surface area contributed by atoms with E-state index in [4.69, 9.17) is 16.2 Å². The maximum atomic E-state index is 13.9. The van der Waals surface area contributed by atoms with Gasteiger partial charge in [-0.2, -0.15) is 0 Å². The summed E-state index contributed by atoms with van der Waals surface area (Å²) >= 11 is 1.92. The number of nitrogens with two attached hydrogens (primary N) is 2. The second-order valence-corrected chi connectivity index (χ2v) is 20.8. The van der Waals surface area contributed by atoms with Crippen molar-refractivity contribution in [2.75, 3.05) is 79.9 Å². The lowest BCUT2D eigenvalue weighted by Gasteiger charge is -2.50. The highest BCUT2D eigenvalue weighted by Gasteiger charge is 2.66. The Balaban J connectivity index is 0.000000213. The van der Waals surface area contributed by atoms with Gasteiger partial charge in [-0.3, -0.25) is 38.6 Å². The molecule has 0 saturated heterocycles. The fourth-order valence-corrected chi connectivity index (χ4v) is 12.2. The molecule has 6 aliphatic rings. The van der Waals surface area contributed by atoms with E-state index in [1.165, 1.54) is 16.9 Å². The zero-order valence-corrected chi connectivity index (χ0v) is 43.1. The fraction of sp³-hybridized carbons (Fsp3) is 0.440. The molecule has 8 atom stereocenters. The Morgan fingerprint density at radius 3 is 1.43 bits per heavy atom. The third-order valence-electron chi connectivity index (χ3n) is 14.8. The van der Waals surface area contributed by atoms with Crippen molar-refractivity contribution in [1.82, 2.24) is 9.80 Å². The van der Waals surface area contributed by atoms with Crippen LogP contribution in [-0.2, 0) is 46.3 Å². The van der Waals surface area contributed by atoms with Crippen LogP contribution < -0.4 is 21.3 Å². The van der Waals surface area contributed by atoms with Crippen molar-refractivity contribution < 1.29 is 74.4 Å². The summed E-state index contributed by atoms with van der Waals surface area (Å²) in [5, 5.41) is 89.6. The van der Waals surface area contributed by atoms with Gasteiger partial charge in [0.05, 0.1) is 32.3 Å². The van der Waals surface area contributed by atoms with E-state index >= 15 is 0 Å². The van der Waals surface area contributed by atoms with E-state index in [0.29, 0.717) is 20.4 Å². The smallest absolute Gasteiger partial charge is 0.255 e. The number of likely N-dealkylation sites (N-methyl/N-ethyl adjacent to an activating group) is 2. The van der Waals surface area contributed by atoms with Crippen molar-refractivity contribution >= 4 is 80.4 Å². The van der Waals surface area contributed by atoms with Gasteiger partial charge in [-0.25, -0.2) is 0 Å². The van der Waals surface area contributed by atoms with E-state index in [9.17, 15) is 69.6 Å². The molecule has 384 valence electrons. The lowest BCUT2D eigenvalue weighted by Crippen LogP contribution is -2.65. The number of carbonyl (C=O) groups excluding carboxylic acids is 6. The summed E-state index contributed by atoms with van der Waals surface area (Å²) < 4.78 is 5.40. The fourth-order valence-electron chi connectivity index (χ4n) is 11.6. The maximum absolute atomic E-state index is 13.9. The number of phenols is 2. The summed E-state index contributed by atoms with van der Waals surface area (Å²) in [7, 11) is 14.9. The van der Waals surface area contributed by atoms with Crippen molar-refractivity contribution in [3.8, 4) is 23.3 Å². The van der Waals surface area contributed by atoms with Crippen molar-refractivity contribution in [2.45, 2.75) is 49.0 Å². The molecule has 0 radical (unpaired) electrons. The minimum atomic E-state index is -2.68. The van der Waals surface area contributed by atoms with Crippen molar-refractivity contribution in [3.05, 3.63) is 77.3 Å². The standard InChI is InChI=1S/C27H31N3O8.C23H26IN3O7/c1-29(2)16-11-12(7-6-8-38-5)21(31)18-14(16)9-13-10-15-20(30(3)4)23(33)19(26(28)36)25(35)27(15,37)24(34)17(13)22(18)32;1-26(2)12-7-11(24)17(28)14-9(12)5-8-6-10-16(27(3)4)19(30)15(22(25)33)21(32)23(10,34)20(31)13(8)18(14)29/h11,13,15,20,31-32,35,37H,8-10H2,1-5H3,(H2,28,36);7-8,10,16,28-29,32,34H,5-6H2,1-4H3,(H2,25,33)/t13-,15-,20-,27-;8-,10-,16-,23-/m00/s1.